The van der Waals surface area contributed by atoms with Crippen molar-refractivity contribution in [3.05, 3.63) is 52.2 Å². The number of hydrogen-bond acceptors (Lipinski definition) is 5. The van der Waals surface area contributed by atoms with Crippen LogP contribution in [0.2, 0.25) is 0 Å². The van der Waals surface area contributed by atoms with Crippen LogP contribution in [0, 0.1) is 0 Å². The summed E-state index contributed by atoms with van der Waals surface area (Å²) in [7, 11) is 1.61. The van der Waals surface area contributed by atoms with Gasteiger partial charge in [-0.3, -0.25) is 14.5 Å². The van der Waals surface area contributed by atoms with E-state index in [0.717, 1.165) is 16.2 Å². The van der Waals surface area contributed by atoms with E-state index in [-0.39, 0.29) is 18.2 Å². The molecule has 0 spiro atoms. The van der Waals surface area contributed by atoms with Gasteiger partial charge in [0.1, 0.15) is 11.3 Å². The van der Waals surface area contributed by atoms with Gasteiger partial charge in [0.15, 0.2) is 5.78 Å². The lowest BCUT2D eigenvalue weighted by molar-refractivity contribution is -0.130. The van der Waals surface area contributed by atoms with E-state index in [1.165, 1.54) is 11.3 Å². The Morgan fingerprint density at radius 2 is 1.96 bits per heavy atom. The summed E-state index contributed by atoms with van der Waals surface area (Å²) in [6.45, 7) is 1.47. The van der Waals surface area contributed by atoms with Gasteiger partial charge < -0.3 is 10.1 Å². The summed E-state index contributed by atoms with van der Waals surface area (Å²) in [4.78, 5) is 38.7. The Hall–Kier alpha value is -2.67. The fourth-order valence-electron chi connectivity index (χ4n) is 2.91. The Bertz CT molecular complexity index is 817. The minimum absolute atomic E-state index is 0.233. The van der Waals surface area contributed by atoms with Crippen LogP contribution in [-0.2, 0) is 11.2 Å². The molecule has 26 heavy (non-hydrogen) atoms. The predicted octanol–water partition coefficient (Wildman–Crippen LogP) is 2.88. The molecule has 0 bridgehead atoms. The van der Waals surface area contributed by atoms with Gasteiger partial charge in [0.2, 0.25) is 0 Å². The van der Waals surface area contributed by atoms with Crippen molar-refractivity contribution < 1.29 is 19.1 Å². The highest BCUT2D eigenvalue weighted by Crippen LogP contribution is 2.24. The van der Waals surface area contributed by atoms with Crippen molar-refractivity contribution in [2.24, 2.45) is 0 Å². The summed E-state index contributed by atoms with van der Waals surface area (Å²) in [5.74, 6) is 0.173. The fourth-order valence-corrected chi connectivity index (χ4v) is 3.56. The number of ether oxygens (including phenoxy) is 1. The van der Waals surface area contributed by atoms with Crippen LogP contribution in [0.5, 0.6) is 5.75 Å². The van der Waals surface area contributed by atoms with Gasteiger partial charge in [-0.25, -0.2) is 4.79 Å². The number of urea groups is 1. The van der Waals surface area contributed by atoms with E-state index in [1.807, 2.05) is 24.3 Å². The highest BCUT2D eigenvalue weighted by molar-refractivity contribution is 7.12. The number of aryl methyl sites for hydroxylation is 1. The Morgan fingerprint density at radius 3 is 2.58 bits per heavy atom. The van der Waals surface area contributed by atoms with E-state index in [9.17, 15) is 14.4 Å². The van der Waals surface area contributed by atoms with Crippen molar-refractivity contribution in [1.82, 2.24) is 10.2 Å². The number of rotatable bonds is 7. The van der Waals surface area contributed by atoms with Gasteiger partial charge in [-0.1, -0.05) is 18.2 Å². The summed E-state index contributed by atoms with van der Waals surface area (Å²) in [5, 5.41) is 4.53. The van der Waals surface area contributed by atoms with Crippen LogP contribution < -0.4 is 10.1 Å². The van der Waals surface area contributed by atoms with Crippen molar-refractivity contribution in [2.45, 2.75) is 25.3 Å². The standard InChI is InChI=1S/C19H20N2O4S/c1-19(10-9-13-5-7-14(25-2)8-6-13)17(23)21(18(24)20-19)12-15(22)16-4-3-11-26-16/h3-8,11H,9-10,12H2,1-2H3,(H,20,24). The fraction of sp³-hybridized carbons (Fsp3) is 0.316. The van der Waals surface area contributed by atoms with Crippen LogP contribution in [-0.4, -0.2) is 41.8 Å². The highest BCUT2D eigenvalue weighted by atomic mass is 32.1. The lowest BCUT2D eigenvalue weighted by Gasteiger charge is -2.21. The summed E-state index contributed by atoms with van der Waals surface area (Å²) in [5.41, 5.74) is 0.0365. The maximum absolute atomic E-state index is 12.7. The Morgan fingerprint density at radius 1 is 1.23 bits per heavy atom. The first-order chi connectivity index (χ1) is 12.4. The van der Waals surface area contributed by atoms with Gasteiger partial charge in [0.25, 0.3) is 5.91 Å². The van der Waals surface area contributed by atoms with Gasteiger partial charge in [-0.15, -0.1) is 11.3 Å². The van der Waals surface area contributed by atoms with E-state index >= 15 is 0 Å². The minimum atomic E-state index is -1.01. The van der Waals surface area contributed by atoms with Gasteiger partial charge in [0.05, 0.1) is 18.5 Å². The summed E-state index contributed by atoms with van der Waals surface area (Å²) in [6.07, 6.45) is 1.08. The van der Waals surface area contributed by atoms with Gasteiger partial charge in [-0.05, 0) is 48.9 Å². The quantitative estimate of drug-likeness (QED) is 0.599. The van der Waals surface area contributed by atoms with E-state index in [2.05, 4.69) is 5.32 Å². The summed E-state index contributed by atoms with van der Waals surface area (Å²) < 4.78 is 5.13. The number of imide groups is 1. The third-order valence-electron chi connectivity index (χ3n) is 4.52. The number of carbonyl (C=O) groups excluding carboxylic acids is 3. The number of thiophene rings is 1. The molecule has 1 N–H and O–H groups in total. The minimum Gasteiger partial charge on any atom is -0.497 e. The van der Waals surface area contributed by atoms with Crippen LogP contribution in [0.3, 0.4) is 0 Å². The molecule has 1 aromatic heterocycles. The largest absolute Gasteiger partial charge is 0.497 e. The maximum atomic E-state index is 12.7. The number of methoxy groups -OCH3 is 1. The van der Waals surface area contributed by atoms with E-state index in [4.69, 9.17) is 4.74 Å². The van der Waals surface area contributed by atoms with E-state index in [1.54, 1.807) is 31.5 Å². The van der Waals surface area contributed by atoms with Crippen molar-refractivity contribution in [1.29, 1.82) is 0 Å². The molecule has 0 saturated carbocycles. The Kier molecular flexibility index (Phi) is 5.08. The zero-order chi connectivity index (χ0) is 18.7. The lowest BCUT2D eigenvalue weighted by Crippen LogP contribution is -2.44. The second kappa shape index (κ2) is 7.29. The zero-order valence-electron chi connectivity index (χ0n) is 14.7. The molecule has 7 heteroatoms. The number of carbonyl (C=O) groups is 3. The first-order valence-corrected chi connectivity index (χ1v) is 9.15. The second-order valence-corrected chi connectivity index (χ2v) is 7.35. The number of ketones is 1. The maximum Gasteiger partial charge on any atom is 0.325 e. The first-order valence-electron chi connectivity index (χ1n) is 8.27. The van der Waals surface area contributed by atoms with Crippen LogP contribution in [0.15, 0.2) is 41.8 Å². The molecular formula is C19H20N2O4S. The molecule has 1 atom stereocenters. The average molecular weight is 372 g/mol. The molecule has 1 unspecified atom stereocenters. The van der Waals surface area contributed by atoms with Gasteiger partial charge in [-0.2, -0.15) is 0 Å². The van der Waals surface area contributed by atoms with Crippen molar-refractivity contribution in [3.63, 3.8) is 0 Å². The number of nitrogens with one attached hydrogen (secondary N) is 1. The Balaban J connectivity index is 1.65. The lowest BCUT2D eigenvalue weighted by atomic mass is 9.93. The van der Waals surface area contributed by atoms with Crippen molar-refractivity contribution in [2.75, 3.05) is 13.7 Å². The SMILES string of the molecule is COc1ccc(CCC2(C)NC(=O)N(CC(=O)c3cccs3)C2=O)cc1. The molecule has 3 amide bonds. The highest BCUT2D eigenvalue weighted by Gasteiger charge is 2.47. The number of benzene rings is 1. The average Bonchev–Trinajstić information content (AvgIpc) is 3.24. The van der Waals surface area contributed by atoms with Crippen LogP contribution >= 0.6 is 11.3 Å². The van der Waals surface area contributed by atoms with Gasteiger partial charge in [0, 0.05) is 0 Å². The predicted molar refractivity (Wildman–Crippen MR) is 98.6 cm³/mol. The van der Waals surface area contributed by atoms with Crippen molar-refractivity contribution in [3.8, 4) is 5.75 Å². The molecule has 2 heterocycles. The van der Waals surface area contributed by atoms with Crippen molar-refractivity contribution >= 4 is 29.1 Å². The number of nitrogens with zero attached hydrogens (tertiary/aromatic N) is 1. The first kappa shape index (κ1) is 18.1. The van der Waals surface area contributed by atoms with Crippen LogP contribution in [0.4, 0.5) is 4.79 Å². The number of Topliss-reactive ketones (excluding diaryl/α,β-unsaturated/α-hetero) is 1. The van der Waals surface area contributed by atoms with E-state index < -0.39 is 11.6 Å². The topological polar surface area (TPSA) is 75.7 Å². The zero-order valence-corrected chi connectivity index (χ0v) is 15.5. The molecule has 1 saturated heterocycles. The molecule has 3 rings (SSSR count). The third kappa shape index (κ3) is 3.62. The monoisotopic (exact) mass is 372 g/mol. The molecule has 1 aliphatic heterocycles. The number of hydrogen-bond donors (Lipinski definition) is 1. The normalized spacial score (nSPS) is 19.5. The molecule has 1 fully saturated rings. The van der Waals surface area contributed by atoms with Crippen LogP contribution in [0.1, 0.15) is 28.6 Å². The molecule has 1 aliphatic rings. The molecule has 136 valence electrons. The third-order valence-corrected chi connectivity index (χ3v) is 5.43. The smallest absolute Gasteiger partial charge is 0.325 e. The van der Waals surface area contributed by atoms with Gasteiger partial charge >= 0.3 is 6.03 Å². The number of amides is 3. The molecule has 1 aromatic carbocycles. The molecule has 6 nitrogen and oxygen atoms in total. The summed E-state index contributed by atoms with van der Waals surface area (Å²) >= 11 is 1.30. The molecular weight excluding hydrogens is 352 g/mol. The summed E-state index contributed by atoms with van der Waals surface area (Å²) in [6, 6.07) is 10.5. The molecule has 0 radical (unpaired) electrons. The van der Waals surface area contributed by atoms with Crippen LogP contribution in [0.25, 0.3) is 0 Å². The molecule has 0 aliphatic carbocycles. The second-order valence-electron chi connectivity index (χ2n) is 6.40. The van der Waals surface area contributed by atoms with E-state index in [0.29, 0.717) is 17.7 Å². The molecule has 2 aromatic rings. The Labute approximate surface area is 155 Å².